The van der Waals surface area contributed by atoms with E-state index in [1.165, 1.54) is 0 Å². The van der Waals surface area contributed by atoms with Gasteiger partial charge in [-0.3, -0.25) is 20.2 Å². The van der Waals surface area contributed by atoms with E-state index < -0.39 is 22.8 Å². The molecule has 0 heterocycles. The molecule has 34 heavy (non-hydrogen) atoms. The molecule has 0 spiro atoms. The van der Waals surface area contributed by atoms with Crippen molar-refractivity contribution in [1.82, 2.24) is 10.6 Å². The topological polar surface area (TPSA) is 126 Å². The third-order valence-corrected chi connectivity index (χ3v) is 6.60. The van der Waals surface area contributed by atoms with Gasteiger partial charge in [0.1, 0.15) is 0 Å². The van der Waals surface area contributed by atoms with E-state index in [4.69, 9.17) is 10.5 Å². The van der Waals surface area contributed by atoms with E-state index in [0.717, 1.165) is 11.1 Å². The third-order valence-electron chi connectivity index (χ3n) is 6.60. The molecule has 3 atom stereocenters. The predicted molar refractivity (Wildman–Crippen MR) is 129 cm³/mol. The fourth-order valence-electron chi connectivity index (χ4n) is 4.23. The Hall–Kier alpha value is -3.68. The molecule has 0 aliphatic heterocycles. The molecule has 7 nitrogen and oxygen atoms in total. The zero-order valence-corrected chi connectivity index (χ0v) is 19.8. The number of hydrogen-bond acceptors (Lipinski definition) is 5. The van der Waals surface area contributed by atoms with Gasteiger partial charge < -0.3 is 5.11 Å². The Balaban J connectivity index is 1.95. The van der Waals surface area contributed by atoms with E-state index in [1.807, 2.05) is 67.6 Å². The number of rotatable bonds is 12. The highest BCUT2D eigenvalue weighted by molar-refractivity contribution is 5.89. The first-order chi connectivity index (χ1) is 16.3. The first-order valence-corrected chi connectivity index (χ1v) is 11.5. The zero-order valence-electron chi connectivity index (χ0n) is 19.8. The predicted octanol–water partition coefficient (Wildman–Crippen LogP) is 3.80. The molecule has 2 aromatic carbocycles. The second-order valence-electron chi connectivity index (χ2n) is 8.97. The monoisotopic (exact) mass is 460 g/mol. The molecule has 0 saturated carbocycles. The molecule has 0 saturated heterocycles. The maximum absolute atomic E-state index is 12.6. The number of benzene rings is 2. The van der Waals surface area contributed by atoms with Crippen molar-refractivity contribution in [2.45, 2.75) is 69.3 Å². The van der Waals surface area contributed by atoms with Crippen LogP contribution in [0.2, 0.25) is 0 Å². The first-order valence-electron chi connectivity index (χ1n) is 11.5. The number of aliphatic hydroxyl groups is 1. The third kappa shape index (κ3) is 6.66. The van der Waals surface area contributed by atoms with Crippen LogP contribution in [0.1, 0.15) is 63.5 Å². The molecule has 0 fully saturated rings. The number of nitrogens with one attached hydrogen (secondary N) is 2. The molecule has 2 rings (SSSR count). The van der Waals surface area contributed by atoms with Crippen molar-refractivity contribution in [3.63, 3.8) is 0 Å². The molecule has 3 N–H and O–H groups in total. The van der Waals surface area contributed by atoms with Crippen LogP contribution in [-0.2, 0) is 20.4 Å². The Labute approximate surface area is 201 Å². The van der Waals surface area contributed by atoms with Gasteiger partial charge in [0.2, 0.25) is 11.8 Å². The lowest BCUT2D eigenvalue weighted by molar-refractivity contribution is -0.126. The fraction of sp³-hybridized carbons (Fsp3) is 0.407. The molecule has 0 aliphatic carbocycles. The van der Waals surface area contributed by atoms with Crippen LogP contribution in [0, 0.1) is 22.9 Å². The van der Waals surface area contributed by atoms with Crippen molar-refractivity contribution >= 4 is 11.8 Å². The van der Waals surface area contributed by atoms with Crippen molar-refractivity contribution in [3.05, 3.63) is 71.8 Å². The Morgan fingerprint density at radius 2 is 1.24 bits per heavy atom. The van der Waals surface area contributed by atoms with E-state index in [1.54, 1.807) is 19.3 Å². The summed E-state index contributed by atoms with van der Waals surface area (Å²) in [5.74, 6) is -0.737. The summed E-state index contributed by atoms with van der Waals surface area (Å²) in [5, 5.41) is 32.9. The van der Waals surface area contributed by atoms with Crippen molar-refractivity contribution < 1.29 is 14.7 Å². The van der Waals surface area contributed by atoms with Crippen LogP contribution in [-0.4, -0.2) is 23.0 Å². The van der Waals surface area contributed by atoms with Crippen molar-refractivity contribution in [2.24, 2.45) is 0 Å². The lowest BCUT2D eigenvalue weighted by atomic mass is 9.76. The number of nitrogens with zero attached hydrogens (tertiary/aromatic N) is 2. The van der Waals surface area contributed by atoms with Crippen molar-refractivity contribution in [2.75, 3.05) is 0 Å². The van der Waals surface area contributed by atoms with Gasteiger partial charge in [0.05, 0.1) is 16.9 Å². The number of amides is 2. The highest BCUT2D eigenvalue weighted by Gasteiger charge is 2.36. The first kappa shape index (κ1) is 26.6. The van der Waals surface area contributed by atoms with Crippen LogP contribution in [0.5, 0.6) is 0 Å². The average molecular weight is 461 g/mol. The summed E-state index contributed by atoms with van der Waals surface area (Å²) in [6.07, 6.45) is 6.02. The van der Waals surface area contributed by atoms with Gasteiger partial charge >= 0.3 is 0 Å². The summed E-state index contributed by atoms with van der Waals surface area (Å²) < 4.78 is 0. The Morgan fingerprint density at radius 3 is 1.68 bits per heavy atom. The van der Waals surface area contributed by atoms with Crippen LogP contribution in [0.3, 0.4) is 0 Å². The molecular formula is C27H32N4O3. The second-order valence-corrected chi connectivity index (χ2v) is 8.97. The second kappa shape index (κ2) is 12.5. The number of hydrogen-bond donors (Lipinski definition) is 3. The molecule has 2 amide bonds. The van der Waals surface area contributed by atoms with Gasteiger partial charge in [0.25, 0.3) is 0 Å². The van der Waals surface area contributed by atoms with Gasteiger partial charge in [-0.1, -0.05) is 73.5 Å². The quantitative estimate of drug-likeness (QED) is 0.252. The smallest absolute Gasteiger partial charge is 0.243 e. The SMILES string of the molecule is CC(CCCCC(O)CCC(C)(C(=O)NC#N)c1ccccc1)(C(=O)NC#N)c1ccccc1. The van der Waals surface area contributed by atoms with Gasteiger partial charge in [0.15, 0.2) is 12.4 Å². The van der Waals surface area contributed by atoms with Crippen LogP contribution < -0.4 is 10.6 Å². The summed E-state index contributed by atoms with van der Waals surface area (Å²) in [7, 11) is 0. The standard InChI is InChI=1S/C27H32N4O3/c1-26(24(33)30-19-28,21-11-5-3-6-12-21)17-10-9-15-23(32)16-18-27(2,25(34)31-20-29)22-13-7-4-8-14-22/h3-8,11-14,23,32H,9-10,15-18H2,1-2H3,(H,30,33)(H,31,34). The largest absolute Gasteiger partial charge is 0.393 e. The number of unbranched alkanes of at least 4 members (excludes halogenated alkanes) is 1. The maximum atomic E-state index is 12.6. The van der Waals surface area contributed by atoms with Crippen LogP contribution >= 0.6 is 0 Å². The van der Waals surface area contributed by atoms with Gasteiger partial charge in [-0.05, 0) is 50.7 Å². The van der Waals surface area contributed by atoms with Crippen LogP contribution in [0.15, 0.2) is 60.7 Å². The molecule has 0 bridgehead atoms. The van der Waals surface area contributed by atoms with E-state index in [0.29, 0.717) is 38.5 Å². The van der Waals surface area contributed by atoms with E-state index in [9.17, 15) is 14.7 Å². The van der Waals surface area contributed by atoms with E-state index >= 15 is 0 Å². The molecule has 7 heteroatoms. The minimum atomic E-state index is -0.931. The number of carbonyl (C=O) groups is 2. The molecule has 0 aliphatic rings. The summed E-state index contributed by atoms with van der Waals surface area (Å²) >= 11 is 0. The van der Waals surface area contributed by atoms with Crippen molar-refractivity contribution in [1.29, 1.82) is 10.5 Å². The van der Waals surface area contributed by atoms with E-state index in [-0.39, 0.29) is 5.91 Å². The van der Waals surface area contributed by atoms with Gasteiger partial charge in [-0.15, -0.1) is 0 Å². The summed E-state index contributed by atoms with van der Waals surface area (Å²) in [6.45, 7) is 3.60. The molecule has 3 unspecified atom stereocenters. The highest BCUT2D eigenvalue weighted by atomic mass is 16.3. The minimum absolute atomic E-state index is 0.344. The van der Waals surface area contributed by atoms with Gasteiger partial charge in [0, 0.05) is 0 Å². The lowest BCUT2D eigenvalue weighted by Crippen LogP contribution is -2.41. The summed E-state index contributed by atoms with van der Waals surface area (Å²) in [6, 6.07) is 18.6. The van der Waals surface area contributed by atoms with Crippen molar-refractivity contribution in [3.8, 4) is 12.4 Å². The Bertz CT molecular complexity index is 1030. The molecular weight excluding hydrogens is 428 g/mol. The normalized spacial score (nSPS) is 15.0. The lowest BCUT2D eigenvalue weighted by Gasteiger charge is -2.29. The molecule has 0 radical (unpaired) electrons. The maximum Gasteiger partial charge on any atom is 0.243 e. The minimum Gasteiger partial charge on any atom is -0.393 e. The molecule has 178 valence electrons. The Kier molecular flexibility index (Phi) is 9.79. The number of nitriles is 2. The van der Waals surface area contributed by atoms with Crippen LogP contribution in [0.25, 0.3) is 0 Å². The van der Waals surface area contributed by atoms with Gasteiger partial charge in [-0.25, -0.2) is 0 Å². The number of aliphatic hydroxyl groups excluding tert-OH is 1. The molecule has 2 aromatic rings. The summed E-state index contributed by atoms with van der Waals surface area (Å²) in [5.41, 5.74) is -0.148. The average Bonchev–Trinajstić information content (AvgIpc) is 2.86. The Morgan fingerprint density at radius 1 is 0.794 bits per heavy atom. The molecule has 0 aromatic heterocycles. The van der Waals surface area contributed by atoms with Gasteiger partial charge in [-0.2, -0.15) is 10.5 Å². The summed E-state index contributed by atoms with van der Waals surface area (Å²) in [4.78, 5) is 25.2. The zero-order chi connectivity index (χ0) is 25.0. The fourth-order valence-corrected chi connectivity index (χ4v) is 4.23. The van der Waals surface area contributed by atoms with Crippen LogP contribution in [0.4, 0.5) is 0 Å². The number of carbonyl (C=O) groups excluding carboxylic acids is 2. The highest BCUT2D eigenvalue weighted by Crippen LogP contribution is 2.32. The van der Waals surface area contributed by atoms with E-state index in [2.05, 4.69) is 10.6 Å².